The summed E-state index contributed by atoms with van der Waals surface area (Å²) in [5.74, 6) is 0. The Labute approximate surface area is 171 Å². The van der Waals surface area contributed by atoms with E-state index < -0.39 is 25.9 Å². The van der Waals surface area contributed by atoms with E-state index in [4.69, 9.17) is 0 Å². The molecule has 2 rings (SSSR count). The quantitative estimate of drug-likeness (QED) is 0.623. The van der Waals surface area contributed by atoms with Crippen LogP contribution < -0.4 is 0 Å². The van der Waals surface area contributed by atoms with E-state index in [1.165, 1.54) is 14.1 Å². The summed E-state index contributed by atoms with van der Waals surface area (Å²) in [7, 11) is -2.60. The van der Waals surface area contributed by atoms with Crippen molar-refractivity contribution >= 4 is 42.8 Å². The summed E-state index contributed by atoms with van der Waals surface area (Å²) in [6, 6.07) is 8.87. The molecular weight excluding hydrogens is 452 g/mol. The second-order valence-electron chi connectivity index (χ2n) is 7.12. The molecule has 0 radical (unpaired) electrons. The smallest absolute Gasteiger partial charge is 0.234 e. The van der Waals surface area contributed by atoms with E-state index >= 15 is 0 Å². The standard InChI is InChI=1S/C17H23BrN4O3S2/c1-12-10-15(22(19-12)27(24,25)21(5)6)16(20-26(23)17(2,3)4)13-8-7-9-14(18)11-13/h7-11H,1-6H3. The Morgan fingerprint density at radius 1 is 1.26 bits per heavy atom. The number of benzene rings is 1. The highest BCUT2D eigenvalue weighted by Gasteiger charge is 2.27. The molecule has 1 unspecified atom stereocenters. The first-order valence-corrected chi connectivity index (χ1v) is 11.4. The number of halogens is 1. The van der Waals surface area contributed by atoms with Gasteiger partial charge in [0.2, 0.25) is 0 Å². The van der Waals surface area contributed by atoms with Crippen LogP contribution in [0.4, 0.5) is 0 Å². The first kappa shape index (κ1) is 21.9. The van der Waals surface area contributed by atoms with Crippen molar-refractivity contribution in [3.8, 4) is 0 Å². The molecule has 1 atom stereocenters. The van der Waals surface area contributed by atoms with Crippen LogP contribution in [0.3, 0.4) is 0 Å². The molecule has 7 nitrogen and oxygen atoms in total. The van der Waals surface area contributed by atoms with E-state index in [1.54, 1.807) is 25.1 Å². The van der Waals surface area contributed by atoms with Crippen molar-refractivity contribution in [2.24, 2.45) is 4.40 Å². The minimum Gasteiger partial charge on any atom is -0.234 e. The van der Waals surface area contributed by atoms with Crippen LogP contribution in [0.25, 0.3) is 0 Å². The molecule has 0 N–H and O–H groups in total. The molecule has 0 amide bonds. The molecule has 0 saturated carbocycles. The van der Waals surface area contributed by atoms with Gasteiger partial charge in [-0.2, -0.15) is 22.2 Å². The zero-order valence-electron chi connectivity index (χ0n) is 16.1. The van der Waals surface area contributed by atoms with Gasteiger partial charge in [-0.15, -0.1) is 4.09 Å². The van der Waals surface area contributed by atoms with Crippen LogP contribution >= 0.6 is 15.9 Å². The molecule has 27 heavy (non-hydrogen) atoms. The Hall–Kier alpha value is -1.36. The van der Waals surface area contributed by atoms with Gasteiger partial charge in [-0.3, -0.25) is 0 Å². The van der Waals surface area contributed by atoms with Gasteiger partial charge in [0.25, 0.3) is 0 Å². The topological polar surface area (TPSA) is 84.6 Å². The Bertz CT molecular complexity index is 1010. The number of aromatic nitrogens is 2. The number of hydrogen-bond donors (Lipinski definition) is 0. The van der Waals surface area contributed by atoms with Gasteiger partial charge in [0, 0.05) is 24.1 Å². The van der Waals surface area contributed by atoms with Crippen LogP contribution in [0, 0.1) is 6.92 Å². The van der Waals surface area contributed by atoms with E-state index in [-0.39, 0.29) is 5.69 Å². The minimum atomic E-state index is -3.87. The summed E-state index contributed by atoms with van der Waals surface area (Å²) in [5, 5.41) is 4.14. The largest absolute Gasteiger partial charge is 0.323 e. The van der Waals surface area contributed by atoms with E-state index in [0.717, 1.165) is 12.9 Å². The minimum absolute atomic E-state index is 0.261. The van der Waals surface area contributed by atoms with Gasteiger partial charge in [-0.1, -0.05) is 28.1 Å². The molecule has 0 bridgehead atoms. The summed E-state index contributed by atoms with van der Waals surface area (Å²) in [6.07, 6.45) is 0. The van der Waals surface area contributed by atoms with Crippen molar-refractivity contribution in [1.29, 1.82) is 0 Å². The molecular formula is C17H23BrN4O3S2. The maximum absolute atomic E-state index is 12.7. The molecule has 0 aliphatic rings. The first-order chi connectivity index (χ1) is 12.3. The highest BCUT2D eigenvalue weighted by molar-refractivity contribution is 9.10. The van der Waals surface area contributed by atoms with Crippen molar-refractivity contribution < 1.29 is 12.6 Å². The van der Waals surface area contributed by atoms with E-state index in [2.05, 4.69) is 25.4 Å². The Balaban J connectivity index is 2.81. The maximum Gasteiger partial charge on any atom is 0.323 e. The molecule has 0 fully saturated rings. The molecule has 1 aromatic heterocycles. The lowest BCUT2D eigenvalue weighted by Gasteiger charge is -2.17. The molecule has 0 spiro atoms. The van der Waals surface area contributed by atoms with Crippen molar-refractivity contribution in [2.45, 2.75) is 32.4 Å². The van der Waals surface area contributed by atoms with Gasteiger partial charge in [-0.05, 0) is 45.9 Å². The monoisotopic (exact) mass is 474 g/mol. The Morgan fingerprint density at radius 2 is 1.89 bits per heavy atom. The average molecular weight is 475 g/mol. The van der Waals surface area contributed by atoms with Gasteiger partial charge in [0.1, 0.15) is 22.4 Å². The molecule has 10 heteroatoms. The summed E-state index contributed by atoms with van der Waals surface area (Å²) >= 11 is 3.42. The second kappa shape index (κ2) is 7.94. The average Bonchev–Trinajstić information content (AvgIpc) is 2.93. The summed E-state index contributed by atoms with van der Waals surface area (Å²) in [4.78, 5) is 0. The van der Waals surface area contributed by atoms with E-state index in [0.29, 0.717) is 17.0 Å². The molecule has 0 saturated heterocycles. The van der Waals surface area contributed by atoms with E-state index in [9.17, 15) is 12.6 Å². The predicted molar refractivity (Wildman–Crippen MR) is 113 cm³/mol. The normalized spacial score (nSPS) is 14.6. The van der Waals surface area contributed by atoms with Crippen LogP contribution in [0.5, 0.6) is 0 Å². The third kappa shape index (κ3) is 4.92. The van der Waals surface area contributed by atoms with Crippen molar-refractivity contribution in [2.75, 3.05) is 14.1 Å². The maximum atomic E-state index is 12.7. The van der Waals surface area contributed by atoms with Crippen LogP contribution in [0.1, 0.15) is 37.7 Å². The number of nitrogens with zero attached hydrogens (tertiary/aromatic N) is 4. The molecule has 0 aliphatic carbocycles. The lowest BCUT2D eigenvalue weighted by atomic mass is 10.1. The predicted octanol–water partition coefficient (Wildman–Crippen LogP) is 2.91. The molecule has 1 aromatic carbocycles. The molecule has 2 aromatic rings. The van der Waals surface area contributed by atoms with Gasteiger partial charge < -0.3 is 0 Å². The summed E-state index contributed by atoms with van der Waals surface area (Å²) in [5.41, 5.74) is 1.71. The lowest BCUT2D eigenvalue weighted by Crippen LogP contribution is -2.32. The zero-order valence-corrected chi connectivity index (χ0v) is 19.3. The van der Waals surface area contributed by atoms with Gasteiger partial charge in [0.05, 0.1) is 10.4 Å². The zero-order chi connectivity index (χ0) is 20.6. The summed E-state index contributed by atoms with van der Waals surface area (Å²) in [6.45, 7) is 7.13. The lowest BCUT2D eigenvalue weighted by molar-refractivity contribution is 0.503. The fourth-order valence-corrected chi connectivity index (χ4v) is 4.04. The Kier molecular flexibility index (Phi) is 6.45. The fraction of sp³-hybridized carbons (Fsp3) is 0.412. The first-order valence-electron chi connectivity index (χ1n) is 8.10. The Morgan fingerprint density at radius 3 is 2.41 bits per heavy atom. The van der Waals surface area contributed by atoms with Crippen LogP contribution in [0.15, 0.2) is 39.2 Å². The fourth-order valence-electron chi connectivity index (χ4n) is 2.07. The van der Waals surface area contributed by atoms with Crippen LogP contribution in [-0.2, 0) is 21.2 Å². The second-order valence-corrected chi connectivity index (χ2v) is 11.9. The van der Waals surface area contributed by atoms with Crippen molar-refractivity contribution in [3.63, 3.8) is 0 Å². The highest BCUT2D eigenvalue weighted by atomic mass is 79.9. The van der Waals surface area contributed by atoms with Crippen molar-refractivity contribution in [3.05, 3.63) is 51.8 Å². The van der Waals surface area contributed by atoms with Gasteiger partial charge in [-0.25, -0.2) is 4.21 Å². The third-order valence-corrected chi connectivity index (χ3v) is 7.05. The molecule has 0 aliphatic heterocycles. The van der Waals surface area contributed by atoms with Crippen LogP contribution in [0.2, 0.25) is 0 Å². The number of hydrogen-bond acceptors (Lipinski definition) is 4. The van der Waals surface area contributed by atoms with Crippen molar-refractivity contribution in [1.82, 2.24) is 13.5 Å². The SMILES string of the molecule is Cc1cc(C(=NS(=O)C(C)(C)C)c2cccc(Br)c2)n(S(=O)(=O)N(C)C)n1. The van der Waals surface area contributed by atoms with Crippen LogP contribution in [-0.4, -0.2) is 50.7 Å². The van der Waals surface area contributed by atoms with Gasteiger partial charge in [0.15, 0.2) is 0 Å². The molecule has 148 valence electrons. The number of rotatable bonds is 5. The number of aryl methyl sites for hydroxylation is 1. The highest BCUT2D eigenvalue weighted by Crippen LogP contribution is 2.22. The molecule has 1 heterocycles. The third-order valence-electron chi connectivity index (χ3n) is 3.52. The van der Waals surface area contributed by atoms with E-state index in [1.807, 2.05) is 32.9 Å². The van der Waals surface area contributed by atoms with Gasteiger partial charge >= 0.3 is 10.2 Å². The summed E-state index contributed by atoms with van der Waals surface area (Å²) < 4.78 is 44.8.